The maximum Gasteiger partial charge on any atom is 0.238 e. The molecule has 0 spiro atoms. The Balaban J connectivity index is 1.48. The predicted molar refractivity (Wildman–Crippen MR) is 89.1 cm³/mol. The molecule has 3 rings (SSSR count). The number of amides is 1. The first-order valence-corrected chi connectivity index (χ1v) is 7.65. The van der Waals surface area contributed by atoms with Gasteiger partial charge in [0, 0.05) is 17.3 Å². The predicted octanol–water partition coefficient (Wildman–Crippen LogP) is 3.11. The van der Waals surface area contributed by atoms with Crippen molar-refractivity contribution in [1.82, 2.24) is 5.32 Å². The number of halogens is 1. The van der Waals surface area contributed by atoms with Gasteiger partial charge >= 0.3 is 0 Å². The zero-order valence-corrected chi connectivity index (χ0v) is 13.4. The van der Waals surface area contributed by atoms with E-state index in [-0.39, 0.29) is 19.2 Å². The van der Waals surface area contributed by atoms with Crippen LogP contribution in [0.1, 0.15) is 11.1 Å². The number of anilines is 1. The smallest absolute Gasteiger partial charge is 0.238 e. The Hall–Kier alpha value is -2.24. The fraction of sp³-hybridized carbons (Fsp3) is 0.235. The molecule has 0 aromatic heterocycles. The molecule has 1 heterocycles. The van der Waals surface area contributed by atoms with Crippen molar-refractivity contribution < 1.29 is 14.3 Å². The van der Waals surface area contributed by atoms with E-state index in [1.54, 1.807) is 6.07 Å². The third kappa shape index (κ3) is 3.94. The number of nitrogens with one attached hydrogen (secondary N) is 2. The lowest BCUT2D eigenvalue weighted by Gasteiger charge is -2.08. The zero-order chi connectivity index (χ0) is 16.2. The van der Waals surface area contributed by atoms with Crippen LogP contribution in [0.5, 0.6) is 11.5 Å². The topological polar surface area (TPSA) is 59.6 Å². The number of benzene rings is 2. The second kappa shape index (κ2) is 6.89. The van der Waals surface area contributed by atoms with Gasteiger partial charge in [0.15, 0.2) is 11.5 Å². The van der Waals surface area contributed by atoms with Crippen LogP contribution in [0.3, 0.4) is 0 Å². The molecule has 23 heavy (non-hydrogen) atoms. The van der Waals surface area contributed by atoms with E-state index in [0.717, 1.165) is 22.6 Å². The summed E-state index contributed by atoms with van der Waals surface area (Å²) in [5.41, 5.74) is 2.70. The van der Waals surface area contributed by atoms with E-state index in [1.165, 1.54) is 0 Å². The minimum Gasteiger partial charge on any atom is -0.454 e. The Labute approximate surface area is 139 Å². The molecule has 120 valence electrons. The van der Waals surface area contributed by atoms with Gasteiger partial charge in [-0.2, -0.15) is 0 Å². The van der Waals surface area contributed by atoms with Crippen molar-refractivity contribution >= 4 is 23.2 Å². The molecule has 0 saturated heterocycles. The monoisotopic (exact) mass is 332 g/mol. The number of hydrogen-bond donors (Lipinski definition) is 2. The van der Waals surface area contributed by atoms with E-state index in [1.807, 2.05) is 37.3 Å². The van der Waals surface area contributed by atoms with Gasteiger partial charge in [-0.15, -0.1) is 0 Å². The molecule has 0 aliphatic carbocycles. The summed E-state index contributed by atoms with van der Waals surface area (Å²) in [4.78, 5) is 11.9. The van der Waals surface area contributed by atoms with E-state index < -0.39 is 0 Å². The molecule has 0 bridgehead atoms. The van der Waals surface area contributed by atoms with E-state index in [2.05, 4.69) is 10.6 Å². The minimum absolute atomic E-state index is 0.120. The van der Waals surface area contributed by atoms with E-state index in [9.17, 15) is 4.79 Å². The standard InChI is InChI=1S/C17H17ClN2O3/c1-11-2-4-13(7-14(11)18)20-17(21)9-19-8-12-3-5-15-16(6-12)23-10-22-15/h2-7,19H,8-10H2,1H3,(H,20,21). The highest BCUT2D eigenvalue weighted by atomic mass is 35.5. The molecule has 5 nitrogen and oxygen atoms in total. The quantitative estimate of drug-likeness (QED) is 0.883. The molecular formula is C17H17ClN2O3. The molecule has 1 aliphatic rings. The maximum absolute atomic E-state index is 11.9. The van der Waals surface area contributed by atoms with E-state index in [4.69, 9.17) is 21.1 Å². The lowest BCUT2D eigenvalue weighted by Crippen LogP contribution is -2.27. The zero-order valence-electron chi connectivity index (χ0n) is 12.7. The summed E-state index contributed by atoms with van der Waals surface area (Å²) in [6, 6.07) is 11.2. The first-order chi connectivity index (χ1) is 11.1. The van der Waals surface area contributed by atoms with Crippen LogP contribution >= 0.6 is 11.6 Å². The molecule has 0 unspecified atom stereocenters. The number of ether oxygens (including phenoxy) is 2. The van der Waals surface area contributed by atoms with Gasteiger partial charge in [-0.1, -0.05) is 23.7 Å². The number of fused-ring (bicyclic) bond motifs is 1. The number of carbonyl (C=O) groups is 1. The lowest BCUT2D eigenvalue weighted by molar-refractivity contribution is -0.115. The van der Waals surface area contributed by atoms with Crippen molar-refractivity contribution in [3.05, 3.63) is 52.5 Å². The fourth-order valence-corrected chi connectivity index (χ4v) is 2.43. The number of carbonyl (C=O) groups excluding carboxylic acids is 1. The average Bonchev–Trinajstić information content (AvgIpc) is 2.98. The van der Waals surface area contributed by atoms with Crippen LogP contribution in [-0.2, 0) is 11.3 Å². The molecule has 0 atom stereocenters. The average molecular weight is 333 g/mol. The Morgan fingerprint density at radius 2 is 2.00 bits per heavy atom. The van der Waals surface area contributed by atoms with Gasteiger partial charge < -0.3 is 20.1 Å². The number of hydrogen-bond acceptors (Lipinski definition) is 4. The van der Waals surface area contributed by atoms with Crippen LogP contribution in [0, 0.1) is 6.92 Å². The molecular weight excluding hydrogens is 316 g/mol. The summed E-state index contributed by atoms with van der Waals surface area (Å²) in [5, 5.41) is 6.54. The summed E-state index contributed by atoms with van der Waals surface area (Å²) in [6.45, 7) is 2.95. The second-order valence-electron chi connectivity index (χ2n) is 5.30. The van der Waals surface area contributed by atoms with Crippen molar-refractivity contribution in [3.8, 4) is 11.5 Å². The molecule has 2 aromatic carbocycles. The van der Waals surface area contributed by atoms with Gasteiger partial charge in [-0.05, 0) is 42.3 Å². The van der Waals surface area contributed by atoms with Gasteiger partial charge in [0.25, 0.3) is 0 Å². The second-order valence-corrected chi connectivity index (χ2v) is 5.71. The van der Waals surface area contributed by atoms with Gasteiger partial charge in [0.1, 0.15) is 0 Å². The number of aryl methyl sites for hydroxylation is 1. The fourth-order valence-electron chi connectivity index (χ4n) is 2.25. The highest BCUT2D eigenvalue weighted by molar-refractivity contribution is 6.31. The van der Waals surface area contributed by atoms with Crippen molar-refractivity contribution in [3.63, 3.8) is 0 Å². The van der Waals surface area contributed by atoms with Crippen LogP contribution in [0.15, 0.2) is 36.4 Å². The summed E-state index contributed by atoms with van der Waals surface area (Å²) < 4.78 is 10.6. The van der Waals surface area contributed by atoms with Gasteiger partial charge in [-0.25, -0.2) is 0 Å². The molecule has 1 aliphatic heterocycles. The molecule has 2 aromatic rings. The van der Waals surface area contributed by atoms with Gasteiger partial charge in [-0.3, -0.25) is 4.79 Å². The van der Waals surface area contributed by atoms with Crippen molar-refractivity contribution in [1.29, 1.82) is 0 Å². The maximum atomic E-state index is 11.9. The normalized spacial score (nSPS) is 12.3. The lowest BCUT2D eigenvalue weighted by atomic mass is 10.2. The van der Waals surface area contributed by atoms with Gasteiger partial charge in [0.05, 0.1) is 6.54 Å². The van der Waals surface area contributed by atoms with Crippen LogP contribution in [0.25, 0.3) is 0 Å². The summed E-state index contributed by atoms with van der Waals surface area (Å²) in [6.07, 6.45) is 0. The van der Waals surface area contributed by atoms with E-state index in [0.29, 0.717) is 17.3 Å². The SMILES string of the molecule is Cc1ccc(NC(=O)CNCc2ccc3c(c2)OCO3)cc1Cl. The Kier molecular flexibility index (Phi) is 4.69. The first kappa shape index (κ1) is 15.6. The highest BCUT2D eigenvalue weighted by Gasteiger charge is 2.13. The highest BCUT2D eigenvalue weighted by Crippen LogP contribution is 2.32. The van der Waals surface area contributed by atoms with E-state index >= 15 is 0 Å². The molecule has 0 radical (unpaired) electrons. The Morgan fingerprint density at radius 3 is 2.83 bits per heavy atom. The van der Waals surface area contributed by atoms with Crippen LogP contribution < -0.4 is 20.1 Å². The third-order valence-electron chi connectivity index (χ3n) is 3.51. The van der Waals surface area contributed by atoms with Crippen LogP contribution in [-0.4, -0.2) is 19.2 Å². The molecule has 1 amide bonds. The van der Waals surface area contributed by atoms with Crippen LogP contribution in [0.4, 0.5) is 5.69 Å². The summed E-state index contributed by atoms with van der Waals surface area (Å²) >= 11 is 6.04. The number of rotatable bonds is 5. The van der Waals surface area contributed by atoms with Gasteiger partial charge in [0.2, 0.25) is 12.7 Å². The molecule has 6 heteroatoms. The van der Waals surface area contributed by atoms with Crippen molar-refractivity contribution in [2.24, 2.45) is 0 Å². The van der Waals surface area contributed by atoms with Crippen molar-refractivity contribution in [2.75, 3.05) is 18.7 Å². The molecule has 2 N–H and O–H groups in total. The first-order valence-electron chi connectivity index (χ1n) is 7.27. The van der Waals surface area contributed by atoms with Crippen molar-refractivity contribution in [2.45, 2.75) is 13.5 Å². The molecule has 0 fully saturated rings. The summed E-state index contributed by atoms with van der Waals surface area (Å²) in [5.74, 6) is 1.37. The molecule has 0 saturated carbocycles. The largest absolute Gasteiger partial charge is 0.454 e. The summed E-state index contributed by atoms with van der Waals surface area (Å²) in [7, 11) is 0. The Bertz CT molecular complexity index is 734. The minimum atomic E-state index is -0.120. The van der Waals surface area contributed by atoms with Crippen LogP contribution in [0.2, 0.25) is 5.02 Å². The Morgan fingerprint density at radius 1 is 1.17 bits per heavy atom. The third-order valence-corrected chi connectivity index (χ3v) is 3.91.